The van der Waals surface area contributed by atoms with Crippen LogP contribution in [0.4, 0.5) is 0 Å². The van der Waals surface area contributed by atoms with Gasteiger partial charge in [0.25, 0.3) is 0 Å². The Balaban J connectivity index is 3.10. The highest BCUT2D eigenvalue weighted by Crippen LogP contribution is 2.34. The van der Waals surface area contributed by atoms with Crippen molar-refractivity contribution in [3.63, 3.8) is 0 Å². The van der Waals surface area contributed by atoms with Crippen LogP contribution in [0.25, 0.3) is 0 Å². The lowest BCUT2D eigenvalue weighted by atomic mass is 10.4. The second-order valence-corrected chi connectivity index (χ2v) is 8.75. The Bertz CT molecular complexity index is 512. The number of halogens is 1. The summed E-state index contributed by atoms with van der Waals surface area (Å²) in [4.78, 5) is 1.40. The summed E-state index contributed by atoms with van der Waals surface area (Å²) >= 11 is 4.85. The van der Waals surface area contributed by atoms with E-state index in [9.17, 15) is 8.42 Å². The molecular weight excluding hydrogens is 348 g/mol. The normalized spacial score (nSPS) is 12.6. The molecule has 1 aromatic rings. The van der Waals surface area contributed by atoms with Crippen molar-refractivity contribution >= 4 is 37.3 Å². The molecule has 0 aliphatic heterocycles. The van der Waals surface area contributed by atoms with Crippen LogP contribution in [0.2, 0.25) is 0 Å². The van der Waals surface area contributed by atoms with Crippen LogP contribution in [0, 0.1) is 0 Å². The van der Waals surface area contributed by atoms with Crippen LogP contribution in [0.5, 0.6) is 0 Å². The first kappa shape index (κ1) is 17.1. The first-order chi connectivity index (χ1) is 8.84. The lowest BCUT2D eigenvalue weighted by Crippen LogP contribution is -2.36. The van der Waals surface area contributed by atoms with Gasteiger partial charge in [0.2, 0.25) is 10.0 Å². The van der Waals surface area contributed by atoms with Crippen LogP contribution in [0.15, 0.2) is 14.7 Å². The Hall–Kier alpha value is 0.0500. The van der Waals surface area contributed by atoms with Crippen molar-refractivity contribution in [2.75, 3.05) is 13.1 Å². The lowest BCUT2D eigenvalue weighted by molar-refractivity contribution is 0.369. The molecule has 0 fully saturated rings. The summed E-state index contributed by atoms with van der Waals surface area (Å²) in [6, 6.07) is 1.72. The number of nitrogens with one attached hydrogen (secondary N) is 1. The van der Waals surface area contributed by atoms with E-state index in [1.165, 1.54) is 15.6 Å². The third-order valence-corrected chi connectivity index (χ3v) is 7.13. The highest BCUT2D eigenvalue weighted by atomic mass is 79.9. The molecule has 110 valence electrons. The standard InChI is InChI=1S/C12H21BrN2O2S2/c1-5-14-8-10-7-11(12(13)18-10)19(16,17)15(6-2)9(3)4/h7,9,14H,5-6,8H2,1-4H3. The summed E-state index contributed by atoms with van der Waals surface area (Å²) in [6.07, 6.45) is 0. The van der Waals surface area contributed by atoms with Gasteiger partial charge in [0.1, 0.15) is 4.90 Å². The van der Waals surface area contributed by atoms with Crippen molar-refractivity contribution in [3.05, 3.63) is 14.7 Å². The molecule has 0 spiro atoms. The summed E-state index contributed by atoms with van der Waals surface area (Å²) < 4.78 is 27.4. The molecule has 0 aliphatic carbocycles. The van der Waals surface area contributed by atoms with Gasteiger partial charge in [-0.05, 0) is 42.4 Å². The average molecular weight is 369 g/mol. The van der Waals surface area contributed by atoms with Gasteiger partial charge in [-0.3, -0.25) is 0 Å². The third kappa shape index (κ3) is 4.01. The summed E-state index contributed by atoms with van der Waals surface area (Å²) in [6.45, 7) is 9.70. The fourth-order valence-corrected chi connectivity index (χ4v) is 6.10. The van der Waals surface area contributed by atoms with Gasteiger partial charge in [-0.25, -0.2) is 8.42 Å². The maximum absolute atomic E-state index is 12.6. The van der Waals surface area contributed by atoms with E-state index in [1.807, 2.05) is 27.7 Å². The van der Waals surface area contributed by atoms with Crippen molar-refractivity contribution < 1.29 is 8.42 Å². The second kappa shape index (κ2) is 7.17. The van der Waals surface area contributed by atoms with Crippen LogP contribution in [-0.2, 0) is 16.6 Å². The van der Waals surface area contributed by atoms with E-state index < -0.39 is 10.0 Å². The maximum Gasteiger partial charge on any atom is 0.245 e. The highest BCUT2D eigenvalue weighted by Gasteiger charge is 2.29. The van der Waals surface area contributed by atoms with Crippen LogP contribution in [-0.4, -0.2) is 31.9 Å². The van der Waals surface area contributed by atoms with Crippen molar-refractivity contribution in [2.24, 2.45) is 0 Å². The SMILES string of the molecule is CCNCc1cc(S(=O)(=O)N(CC)C(C)C)c(Br)s1. The number of thiophene rings is 1. The Kier molecular flexibility index (Phi) is 6.46. The maximum atomic E-state index is 12.6. The van der Waals surface area contributed by atoms with Gasteiger partial charge in [-0.2, -0.15) is 4.31 Å². The molecule has 4 nitrogen and oxygen atoms in total. The molecule has 0 saturated carbocycles. The Morgan fingerprint density at radius 2 is 2.05 bits per heavy atom. The molecule has 0 saturated heterocycles. The zero-order chi connectivity index (χ0) is 14.6. The quantitative estimate of drug-likeness (QED) is 0.804. The van der Waals surface area contributed by atoms with Gasteiger partial charge >= 0.3 is 0 Å². The van der Waals surface area contributed by atoms with E-state index >= 15 is 0 Å². The topological polar surface area (TPSA) is 49.4 Å². The van der Waals surface area contributed by atoms with Crippen LogP contribution in [0.3, 0.4) is 0 Å². The fraction of sp³-hybridized carbons (Fsp3) is 0.667. The molecule has 1 aromatic heterocycles. The smallest absolute Gasteiger partial charge is 0.245 e. The lowest BCUT2D eigenvalue weighted by Gasteiger charge is -2.23. The number of hydrogen-bond acceptors (Lipinski definition) is 4. The van der Waals surface area contributed by atoms with E-state index in [0.717, 1.165) is 11.4 Å². The first-order valence-corrected chi connectivity index (χ1v) is 9.40. The third-order valence-electron chi connectivity index (χ3n) is 2.73. The van der Waals surface area contributed by atoms with Gasteiger partial charge in [0.15, 0.2) is 0 Å². The van der Waals surface area contributed by atoms with E-state index in [0.29, 0.717) is 21.8 Å². The molecule has 0 unspecified atom stereocenters. The minimum atomic E-state index is -3.42. The monoisotopic (exact) mass is 368 g/mol. The van der Waals surface area contributed by atoms with Crippen LogP contribution in [0.1, 0.15) is 32.6 Å². The summed E-state index contributed by atoms with van der Waals surface area (Å²) in [5, 5.41) is 3.20. The van der Waals surface area contributed by atoms with E-state index in [4.69, 9.17) is 0 Å². The van der Waals surface area contributed by atoms with Gasteiger partial charge in [-0.1, -0.05) is 13.8 Å². The molecule has 1 rings (SSSR count). The van der Waals surface area contributed by atoms with Gasteiger partial charge in [0.05, 0.1) is 3.79 Å². The Morgan fingerprint density at radius 1 is 1.42 bits per heavy atom. The molecular formula is C12H21BrN2O2S2. The predicted molar refractivity (Wildman–Crippen MR) is 84.1 cm³/mol. The molecule has 0 aliphatic rings. The summed E-state index contributed by atoms with van der Waals surface area (Å²) in [7, 11) is -3.42. The molecule has 1 N–H and O–H groups in total. The van der Waals surface area contributed by atoms with Gasteiger partial charge < -0.3 is 5.32 Å². The fourth-order valence-electron chi connectivity index (χ4n) is 1.85. The van der Waals surface area contributed by atoms with Crippen molar-refractivity contribution in [1.29, 1.82) is 0 Å². The summed E-state index contributed by atoms with van der Waals surface area (Å²) in [5.41, 5.74) is 0. The van der Waals surface area contributed by atoms with Gasteiger partial charge in [-0.15, -0.1) is 11.3 Å². The van der Waals surface area contributed by atoms with Crippen molar-refractivity contribution in [3.8, 4) is 0 Å². The molecule has 19 heavy (non-hydrogen) atoms. The molecule has 1 heterocycles. The highest BCUT2D eigenvalue weighted by molar-refractivity contribution is 9.11. The second-order valence-electron chi connectivity index (χ2n) is 4.43. The minimum Gasteiger partial charge on any atom is -0.312 e. The minimum absolute atomic E-state index is 0.0426. The van der Waals surface area contributed by atoms with Crippen LogP contribution >= 0.6 is 27.3 Å². The average Bonchev–Trinajstić information content (AvgIpc) is 2.68. The number of rotatable bonds is 7. The molecule has 0 amide bonds. The van der Waals surface area contributed by atoms with Crippen molar-refractivity contribution in [1.82, 2.24) is 9.62 Å². The van der Waals surface area contributed by atoms with Crippen LogP contribution < -0.4 is 5.32 Å². The molecule has 0 bridgehead atoms. The molecule has 0 aromatic carbocycles. The van der Waals surface area contributed by atoms with Crippen molar-refractivity contribution in [2.45, 2.75) is 45.2 Å². The molecule has 7 heteroatoms. The zero-order valence-corrected chi connectivity index (χ0v) is 15.0. The van der Waals surface area contributed by atoms with E-state index in [2.05, 4.69) is 21.2 Å². The number of sulfonamides is 1. The molecule has 0 atom stereocenters. The molecule has 0 radical (unpaired) electrons. The Morgan fingerprint density at radius 3 is 2.53 bits per heavy atom. The summed E-state index contributed by atoms with van der Waals surface area (Å²) in [5.74, 6) is 0. The Labute approximate surface area is 128 Å². The number of hydrogen-bond donors (Lipinski definition) is 1. The zero-order valence-electron chi connectivity index (χ0n) is 11.7. The van der Waals surface area contributed by atoms with E-state index in [-0.39, 0.29) is 6.04 Å². The number of nitrogens with zero attached hydrogens (tertiary/aromatic N) is 1. The first-order valence-electron chi connectivity index (χ1n) is 6.35. The largest absolute Gasteiger partial charge is 0.312 e. The van der Waals surface area contributed by atoms with Gasteiger partial charge in [0, 0.05) is 24.0 Å². The van der Waals surface area contributed by atoms with E-state index in [1.54, 1.807) is 6.07 Å². The predicted octanol–water partition coefficient (Wildman–Crippen LogP) is 3.04.